The molecule has 1 aliphatic heterocycles. The van der Waals surface area contributed by atoms with Gasteiger partial charge in [0.05, 0.1) is 6.10 Å². The summed E-state index contributed by atoms with van der Waals surface area (Å²) in [5.41, 5.74) is 0.194. The van der Waals surface area contributed by atoms with E-state index in [1.807, 2.05) is 6.92 Å². The Balaban J connectivity index is 2.01. The standard InChI is InChI=1S/C14H24N2O2/c1-9(2)6-11(7-10(3)15)12-8-16-13(17)14(18-12)4-5-14/h9,11-12,15H,4-8H2,1-3H3,(H,16,17). The van der Waals surface area contributed by atoms with E-state index in [-0.39, 0.29) is 12.0 Å². The molecular formula is C14H24N2O2. The first-order valence-corrected chi connectivity index (χ1v) is 6.93. The van der Waals surface area contributed by atoms with Crippen LogP contribution in [0.2, 0.25) is 0 Å². The molecule has 102 valence electrons. The summed E-state index contributed by atoms with van der Waals surface area (Å²) in [5, 5.41) is 10.7. The lowest BCUT2D eigenvalue weighted by molar-refractivity contribution is -0.153. The summed E-state index contributed by atoms with van der Waals surface area (Å²) in [6, 6.07) is 0. The summed E-state index contributed by atoms with van der Waals surface area (Å²) in [5.74, 6) is 1.000. The van der Waals surface area contributed by atoms with Crippen molar-refractivity contribution in [2.45, 2.75) is 58.2 Å². The largest absolute Gasteiger partial charge is 0.360 e. The molecule has 0 bridgehead atoms. The predicted octanol–water partition coefficient (Wildman–Crippen LogP) is 2.13. The van der Waals surface area contributed by atoms with Crippen LogP contribution in [0, 0.1) is 17.2 Å². The summed E-state index contributed by atoms with van der Waals surface area (Å²) in [4.78, 5) is 11.7. The van der Waals surface area contributed by atoms with Crippen molar-refractivity contribution < 1.29 is 9.53 Å². The fourth-order valence-corrected chi connectivity index (χ4v) is 2.83. The second kappa shape index (κ2) is 5.00. The highest BCUT2D eigenvalue weighted by molar-refractivity contribution is 5.88. The summed E-state index contributed by atoms with van der Waals surface area (Å²) in [6.07, 6.45) is 3.61. The number of rotatable bonds is 5. The van der Waals surface area contributed by atoms with Gasteiger partial charge in [0.15, 0.2) is 0 Å². The van der Waals surface area contributed by atoms with Gasteiger partial charge in [0.2, 0.25) is 0 Å². The van der Waals surface area contributed by atoms with Crippen LogP contribution in [0.25, 0.3) is 0 Å². The van der Waals surface area contributed by atoms with Crippen LogP contribution in [-0.4, -0.2) is 29.9 Å². The van der Waals surface area contributed by atoms with Gasteiger partial charge in [-0.1, -0.05) is 13.8 Å². The average molecular weight is 252 g/mol. The van der Waals surface area contributed by atoms with Gasteiger partial charge in [-0.25, -0.2) is 0 Å². The van der Waals surface area contributed by atoms with Crippen LogP contribution in [0.1, 0.15) is 46.5 Å². The molecule has 2 rings (SSSR count). The molecule has 1 amide bonds. The number of morpholine rings is 1. The average Bonchev–Trinajstić information content (AvgIpc) is 3.01. The van der Waals surface area contributed by atoms with E-state index >= 15 is 0 Å². The third kappa shape index (κ3) is 2.91. The minimum Gasteiger partial charge on any atom is -0.360 e. The Morgan fingerprint density at radius 1 is 1.56 bits per heavy atom. The van der Waals surface area contributed by atoms with Gasteiger partial charge in [-0.05, 0) is 44.4 Å². The van der Waals surface area contributed by atoms with Crippen molar-refractivity contribution in [1.29, 1.82) is 5.41 Å². The Morgan fingerprint density at radius 3 is 2.72 bits per heavy atom. The van der Waals surface area contributed by atoms with Gasteiger partial charge in [0.25, 0.3) is 5.91 Å². The van der Waals surface area contributed by atoms with Crippen molar-refractivity contribution in [3.63, 3.8) is 0 Å². The zero-order valence-electron chi connectivity index (χ0n) is 11.6. The molecule has 0 aromatic rings. The number of hydrogen-bond donors (Lipinski definition) is 2. The first-order chi connectivity index (χ1) is 8.43. The zero-order chi connectivity index (χ0) is 13.3. The number of ether oxygens (including phenoxy) is 1. The van der Waals surface area contributed by atoms with Gasteiger partial charge < -0.3 is 15.5 Å². The van der Waals surface area contributed by atoms with Crippen molar-refractivity contribution in [2.75, 3.05) is 6.54 Å². The Labute approximate surface area is 109 Å². The highest BCUT2D eigenvalue weighted by Gasteiger charge is 2.55. The lowest BCUT2D eigenvalue weighted by Crippen LogP contribution is -2.53. The highest BCUT2D eigenvalue weighted by Crippen LogP contribution is 2.44. The summed E-state index contributed by atoms with van der Waals surface area (Å²) in [7, 11) is 0. The minimum atomic E-state index is -0.506. The molecule has 1 aliphatic carbocycles. The summed E-state index contributed by atoms with van der Waals surface area (Å²) < 4.78 is 6.05. The van der Waals surface area contributed by atoms with E-state index < -0.39 is 5.60 Å². The fraction of sp³-hybridized carbons (Fsp3) is 0.857. The molecule has 1 saturated carbocycles. The molecule has 2 atom stereocenters. The SMILES string of the molecule is CC(=N)CC(CC(C)C)C1CNC(=O)C2(CC2)O1. The van der Waals surface area contributed by atoms with E-state index in [0.29, 0.717) is 24.1 Å². The predicted molar refractivity (Wildman–Crippen MR) is 70.8 cm³/mol. The lowest BCUT2D eigenvalue weighted by atomic mass is 9.87. The van der Waals surface area contributed by atoms with Crippen LogP contribution >= 0.6 is 0 Å². The molecule has 2 aliphatic rings. The maximum Gasteiger partial charge on any atom is 0.252 e. The molecule has 1 saturated heterocycles. The Morgan fingerprint density at radius 2 is 2.22 bits per heavy atom. The van der Waals surface area contributed by atoms with Gasteiger partial charge >= 0.3 is 0 Å². The van der Waals surface area contributed by atoms with Gasteiger partial charge in [-0.15, -0.1) is 0 Å². The molecule has 2 fully saturated rings. The number of hydrogen-bond acceptors (Lipinski definition) is 3. The normalized spacial score (nSPS) is 27.1. The number of amides is 1. The quantitative estimate of drug-likeness (QED) is 0.736. The summed E-state index contributed by atoms with van der Waals surface area (Å²) >= 11 is 0. The van der Waals surface area contributed by atoms with Gasteiger partial charge in [-0.2, -0.15) is 0 Å². The van der Waals surface area contributed by atoms with Crippen molar-refractivity contribution in [3.8, 4) is 0 Å². The fourth-order valence-electron chi connectivity index (χ4n) is 2.83. The molecule has 4 nitrogen and oxygen atoms in total. The summed E-state index contributed by atoms with van der Waals surface area (Å²) in [6.45, 7) is 6.84. The van der Waals surface area contributed by atoms with Crippen molar-refractivity contribution in [1.82, 2.24) is 5.32 Å². The van der Waals surface area contributed by atoms with Crippen LogP contribution in [0.15, 0.2) is 0 Å². The Bertz CT molecular complexity index is 348. The third-order valence-corrected chi connectivity index (χ3v) is 3.83. The van der Waals surface area contributed by atoms with Crippen molar-refractivity contribution in [2.24, 2.45) is 11.8 Å². The molecule has 0 aromatic carbocycles. The van der Waals surface area contributed by atoms with Crippen molar-refractivity contribution in [3.05, 3.63) is 0 Å². The van der Waals surface area contributed by atoms with E-state index in [2.05, 4.69) is 19.2 Å². The maximum absolute atomic E-state index is 11.7. The van der Waals surface area contributed by atoms with Crippen LogP contribution < -0.4 is 5.32 Å². The second-order valence-electron chi connectivity index (χ2n) is 6.23. The molecule has 0 aromatic heterocycles. The zero-order valence-corrected chi connectivity index (χ0v) is 11.6. The van der Waals surface area contributed by atoms with E-state index in [4.69, 9.17) is 10.1 Å². The molecule has 4 heteroatoms. The Hall–Kier alpha value is -0.900. The minimum absolute atomic E-state index is 0.0635. The molecule has 2 N–H and O–H groups in total. The molecule has 0 radical (unpaired) electrons. The Kier molecular flexibility index (Phi) is 3.76. The molecule has 18 heavy (non-hydrogen) atoms. The van der Waals surface area contributed by atoms with Crippen LogP contribution in [-0.2, 0) is 9.53 Å². The molecule has 1 heterocycles. The molecular weight excluding hydrogens is 228 g/mol. The van der Waals surface area contributed by atoms with Crippen LogP contribution in [0.4, 0.5) is 0 Å². The number of nitrogens with one attached hydrogen (secondary N) is 2. The first-order valence-electron chi connectivity index (χ1n) is 6.93. The number of carbonyl (C=O) groups is 1. The first kappa shape index (κ1) is 13.5. The molecule has 1 spiro atoms. The van der Waals surface area contributed by atoms with E-state index in [9.17, 15) is 4.79 Å². The van der Waals surface area contributed by atoms with Gasteiger partial charge in [-0.3, -0.25) is 4.79 Å². The second-order valence-corrected chi connectivity index (χ2v) is 6.23. The highest BCUT2D eigenvalue weighted by atomic mass is 16.5. The molecule has 2 unspecified atom stereocenters. The van der Waals surface area contributed by atoms with Gasteiger partial charge in [0.1, 0.15) is 5.60 Å². The van der Waals surface area contributed by atoms with E-state index in [0.717, 1.165) is 25.7 Å². The van der Waals surface area contributed by atoms with E-state index in [1.165, 1.54) is 0 Å². The topological polar surface area (TPSA) is 62.2 Å². The van der Waals surface area contributed by atoms with Crippen molar-refractivity contribution >= 4 is 11.6 Å². The van der Waals surface area contributed by atoms with Crippen LogP contribution in [0.3, 0.4) is 0 Å². The van der Waals surface area contributed by atoms with Gasteiger partial charge in [0, 0.05) is 12.3 Å². The third-order valence-electron chi connectivity index (χ3n) is 3.83. The van der Waals surface area contributed by atoms with E-state index in [1.54, 1.807) is 0 Å². The lowest BCUT2D eigenvalue weighted by Gasteiger charge is -2.36. The smallest absolute Gasteiger partial charge is 0.252 e. The monoisotopic (exact) mass is 252 g/mol. The van der Waals surface area contributed by atoms with Crippen LogP contribution in [0.5, 0.6) is 0 Å². The number of carbonyl (C=O) groups excluding carboxylic acids is 1. The maximum atomic E-state index is 11.7.